The van der Waals surface area contributed by atoms with Crippen LogP contribution in [0.2, 0.25) is 0 Å². The molecule has 1 heterocycles. The number of fused-ring (bicyclic) bond motifs is 10. The maximum absolute atomic E-state index is 13.8. The monoisotopic (exact) mass is 1130 g/mol. The van der Waals surface area contributed by atoms with Gasteiger partial charge >= 0.3 is 23.1 Å². The van der Waals surface area contributed by atoms with E-state index in [1.54, 1.807) is 14.2 Å². The van der Waals surface area contributed by atoms with Crippen molar-refractivity contribution in [3.8, 4) is 0 Å². The van der Waals surface area contributed by atoms with Crippen LogP contribution in [0.1, 0.15) is 195 Å². The van der Waals surface area contributed by atoms with E-state index >= 15 is 0 Å². The number of hydrogen-bond acceptors (Lipinski definition) is 6. The zero-order chi connectivity index (χ0) is 51.3. The largest absolute Gasteiger partial charge is 2.00 e. The molecule has 1 saturated heterocycles. The predicted molar refractivity (Wildman–Crippen MR) is 287 cm³/mol. The van der Waals surface area contributed by atoms with E-state index in [-0.39, 0.29) is 94.8 Å². The second-order valence-electron chi connectivity index (χ2n) is 25.8. The number of hydrogen-bond donors (Lipinski definition) is 2. The molecule has 1 amide bonds. The van der Waals surface area contributed by atoms with Gasteiger partial charge < -0.3 is 31.9 Å². The molecular weight excluding hydrogens is 1030 g/mol. The SMILES string of the molecule is C.C.C1CCOC1.CON(C)C(=O)[C@H]1CC[C@H]2[C@@H]3CC[C@@H]4C[C@](C)(O)CC[C@]4(C)[C@H]3CC[C@]12C.C[C@@]1(O)CC[C@@]2(C)[C@H](CC[C@@H]3[C@@H]2CC[C@]2(C)[C@@H](C(=O)c4cc(F)cc(F)c4)CC[C@@H]32)C1.Fc1c[c-]cc(F)c1.[Br-].[Mg+2]. The molecule has 11 rings (SSSR count). The van der Waals surface area contributed by atoms with Gasteiger partial charge in [-0.3, -0.25) is 23.2 Å². The summed E-state index contributed by atoms with van der Waals surface area (Å²) in [5.41, 5.74) is -0.0605. The van der Waals surface area contributed by atoms with Gasteiger partial charge in [-0.1, -0.05) is 42.5 Å². The van der Waals surface area contributed by atoms with Gasteiger partial charge in [0.05, 0.1) is 18.3 Å². The number of carbonyl (C=O) groups is 2. The summed E-state index contributed by atoms with van der Waals surface area (Å²) >= 11 is 0. The van der Waals surface area contributed by atoms with Crippen LogP contribution < -0.4 is 17.0 Å². The number of rotatable bonds is 4. The number of ketones is 1. The molecule has 9 aliphatic rings. The summed E-state index contributed by atoms with van der Waals surface area (Å²) in [6, 6.07) is 8.47. The number of carbonyl (C=O) groups excluding carboxylic acids is 2. The van der Waals surface area contributed by atoms with Crippen molar-refractivity contribution in [1.29, 1.82) is 0 Å². The van der Waals surface area contributed by atoms with Crippen molar-refractivity contribution in [3.05, 3.63) is 71.3 Å². The van der Waals surface area contributed by atoms with E-state index in [9.17, 15) is 37.4 Å². The van der Waals surface area contributed by atoms with Gasteiger partial charge in [0.25, 0.3) is 0 Å². The fraction of sp³-hybridized carbons (Fsp3) is 0.774. The first-order chi connectivity index (χ1) is 33.4. The third-order valence-electron chi connectivity index (χ3n) is 21.8. The molecule has 7 nitrogen and oxygen atoms in total. The fourth-order valence-electron chi connectivity index (χ4n) is 17.8. The van der Waals surface area contributed by atoms with Gasteiger partial charge in [-0.2, -0.15) is 6.07 Å². The van der Waals surface area contributed by atoms with Crippen molar-refractivity contribution >= 4 is 34.7 Å². The summed E-state index contributed by atoms with van der Waals surface area (Å²) in [6.07, 6.45) is 22.2. The molecule has 1 aliphatic heterocycles. The third kappa shape index (κ3) is 13.4. The van der Waals surface area contributed by atoms with Crippen molar-refractivity contribution in [2.24, 2.45) is 80.8 Å². The average molecular weight is 1130 g/mol. The first kappa shape index (κ1) is 65.9. The second-order valence-corrected chi connectivity index (χ2v) is 25.8. The molecule has 0 aromatic heterocycles. The number of hydroxylamine groups is 2. The number of nitrogens with zero attached hydrogens (tertiary/aromatic N) is 1. The van der Waals surface area contributed by atoms with Crippen LogP contribution in [0.4, 0.5) is 17.6 Å². The minimum absolute atomic E-state index is 0. The van der Waals surface area contributed by atoms with Gasteiger partial charge in [0.1, 0.15) is 11.6 Å². The van der Waals surface area contributed by atoms with Crippen molar-refractivity contribution in [2.45, 2.75) is 196 Å². The molecule has 2 N–H and O–H groups in total. The minimum atomic E-state index is -0.675. The van der Waals surface area contributed by atoms with E-state index in [4.69, 9.17) is 9.57 Å². The Morgan fingerprint density at radius 1 is 0.587 bits per heavy atom. The zero-order valence-electron chi connectivity index (χ0n) is 45.4. The van der Waals surface area contributed by atoms with Crippen LogP contribution in [0.5, 0.6) is 0 Å². The van der Waals surface area contributed by atoms with Crippen molar-refractivity contribution < 1.29 is 63.9 Å². The van der Waals surface area contributed by atoms with Gasteiger partial charge in [0, 0.05) is 55.4 Å². The van der Waals surface area contributed by atoms with Crippen LogP contribution in [0.15, 0.2) is 36.4 Å². The van der Waals surface area contributed by atoms with Crippen LogP contribution in [-0.4, -0.2) is 88.6 Å². The Labute approximate surface area is 476 Å². The maximum atomic E-state index is 13.8. The molecule has 420 valence electrons. The fourth-order valence-corrected chi connectivity index (χ4v) is 17.8. The van der Waals surface area contributed by atoms with Crippen LogP contribution in [0.3, 0.4) is 0 Å². The minimum Gasteiger partial charge on any atom is -1.00 e. The Morgan fingerprint density at radius 3 is 1.40 bits per heavy atom. The van der Waals surface area contributed by atoms with Crippen molar-refractivity contribution in [3.63, 3.8) is 0 Å². The quantitative estimate of drug-likeness (QED) is 0.104. The smallest absolute Gasteiger partial charge is 1.00 e. The van der Waals surface area contributed by atoms with Crippen LogP contribution in [-0.2, 0) is 14.4 Å². The van der Waals surface area contributed by atoms with E-state index < -0.39 is 34.5 Å². The van der Waals surface area contributed by atoms with Gasteiger partial charge in [-0.25, -0.2) is 13.8 Å². The van der Waals surface area contributed by atoms with Crippen LogP contribution >= 0.6 is 0 Å². The third-order valence-corrected chi connectivity index (χ3v) is 21.8. The Bertz CT molecular complexity index is 2170. The molecule has 13 heteroatoms. The average Bonchev–Trinajstić information content (AvgIpc) is 4.09. The first-order valence-electron chi connectivity index (χ1n) is 27.6. The zero-order valence-corrected chi connectivity index (χ0v) is 48.4. The first-order valence-corrected chi connectivity index (χ1v) is 27.6. The number of Topliss-reactive ketones (excluding diaryl/α,β-unsaturated/α-hetero) is 1. The summed E-state index contributed by atoms with van der Waals surface area (Å²) in [6.45, 7) is 15.7. The maximum Gasteiger partial charge on any atom is 2.00 e. The second kappa shape index (κ2) is 25.9. The number of aliphatic hydroxyl groups is 2. The Hall–Kier alpha value is -1.61. The molecule has 0 spiro atoms. The summed E-state index contributed by atoms with van der Waals surface area (Å²) < 4.78 is 56.3. The molecular formula is C62H94BrF4MgNO6. The van der Waals surface area contributed by atoms with E-state index in [1.165, 1.54) is 81.4 Å². The molecule has 75 heavy (non-hydrogen) atoms. The van der Waals surface area contributed by atoms with E-state index in [0.29, 0.717) is 46.3 Å². The summed E-state index contributed by atoms with van der Waals surface area (Å²) in [4.78, 5) is 31.5. The van der Waals surface area contributed by atoms with Gasteiger partial charge in [-0.15, -0.1) is 18.2 Å². The van der Waals surface area contributed by atoms with Crippen LogP contribution in [0.25, 0.3) is 0 Å². The Morgan fingerprint density at radius 2 is 1.00 bits per heavy atom. The molecule has 0 bridgehead atoms. The van der Waals surface area contributed by atoms with Crippen molar-refractivity contribution in [2.75, 3.05) is 27.4 Å². The molecule has 2 aromatic carbocycles. The predicted octanol–water partition coefficient (Wildman–Crippen LogP) is 11.4. The van der Waals surface area contributed by atoms with E-state index in [2.05, 4.69) is 33.8 Å². The molecule has 8 aliphatic carbocycles. The number of ether oxygens (including phenoxy) is 1. The molecule has 9 fully saturated rings. The number of benzene rings is 2. The topological polar surface area (TPSA) is 96.3 Å². The van der Waals surface area contributed by atoms with Gasteiger partial charge in [-0.05, 0) is 223 Å². The standard InChI is InChI=1S/C27H36F2O2.C23H39NO3.C6H3F2.C4H8O.2CH4.BrH.Mg/c1-25(31)10-11-26(2)17(15-25)4-5-20-21-6-7-23(27(21,3)9-8-22(20)26)24(30)16-12-18(28)14-19(29)13-16;1-21(26)12-13-22(2)15(14-21)6-7-16-17-8-9-19(20(25)24(4)27-5)23(17,3)11-10-18(16)22;7-5-2-1-3-6(8)4-5;1-2-4-5-3-1;;;;/h12-14,17,20-23,31H,4-11,15H2,1-3H3;15-19,26H,6-14H2,1-5H3;2-4H;1-4H2;2*1H4;1H;/q;;-1;;;;;+2/p-1/t17-,20+,21+,22+,23-,25-,26+,27+;15-,16+,17+,18+,19-,21-,22+,23+;;;;;;/m11....../s1. The van der Waals surface area contributed by atoms with Crippen LogP contribution in [0, 0.1) is 110 Å². The van der Waals surface area contributed by atoms with E-state index in [0.717, 1.165) is 114 Å². The number of halogens is 5. The normalized spacial score (nSPS) is 40.6. The molecule has 2 aromatic rings. The molecule has 0 radical (unpaired) electrons. The summed E-state index contributed by atoms with van der Waals surface area (Å²) in [7, 11) is 3.34. The molecule has 0 unspecified atom stereocenters. The van der Waals surface area contributed by atoms with Crippen molar-refractivity contribution in [1.82, 2.24) is 5.06 Å². The summed E-state index contributed by atoms with van der Waals surface area (Å²) in [5.74, 6) is 2.83. The summed E-state index contributed by atoms with van der Waals surface area (Å²) in [5, 5.41) is 22.7. The Balaban J connectivity index is 0.000000251. The number of amides is 1. The Kier molecular flexibility index (Phi) is 22.7. The van der Waals surface area contributed by atoms with Gasteiger partial charge in [0.15, 0.2) is 5.78 Å². The molecule has 16 atom stereocenters. The molecule has 8 saturated carbocycles. The van der Waals surface area contributed by atoms with E-state index in [1.807, 2.05) is 13.8 Å². The van der Waals surface area contributed by atoms with Gasteiger partial charge in [0.2, 0.25) is 5.91 Å².